The highest BCUT2D eigenvalue weighted by molar-refractivity contribution is 8.06. The van der Waals surface area contributed by atoms with E-state index < -0.39 is 31.6 Å². The summed E-state index contributed by atoms with van der Waals surface area (Å²) in [6.07, 6.45) is -3.88. The summed E-state index contributed by atoms with van der Waals surface area (Å²) in [4.78, 5) is 22.5. The summed E-state index contributed by atoms with van der Waals surface area (Å²) in [5, 5.41) is 13.8. The van der Waals surface area contributed by atoms with Crippen molar-refractivity contribution in [2.45, 2.75) is 6.18 Å². The van der Waals surface area contributed by atoms with Gasteiger partial charge in [-0.3, -0.25) is 4.79 Å². The van der Waals surface area contributed by atoms with E-state index in [1.807, 2.05) is 0 Å². The lowest BCUT2D eigenvalue weighted by molar-refractivity contribution is -0.166. The molecule has 1 aliphatic rings. The molecule has 11 heteroatoms. The molecule has 6 nitrogen and oxygen atoms in total. The van der Waals surface area contributed by atoms with Crippen LogP contribution in [0.2, 0.25) is 0 Å². The van der Waals surface area contributed by atoms with E-state index in [0.717, 1.165) is 15.9 Å². The maximum Gasteiger partial charge on any atom is 0.456 e. The Morgan fingerprint density at radius 2 is 2.00 bits per heavy atom. The molecule has 2 heterocycles. The predicted octanol–water partition coefficient (Wildman–Crippen LogP) is 3.00. The molecule has 0 saturated carbocycles. The molecule has 130 valence electrons. The molecule has 25 heavy (non-hydrogen) atoms. The molecule has 0 bridgehead atoms. The highest BCUT2D eigenvalue weighted by atomic mass is 32.2. The molecule has 1 unspecified atom stereocenters. The molecule has 0 saturated heterocycles. The standard InChI is InChI=1S/C14H8F3N2O4PS/c15-14(16,17)12(21)9-6-25-13(18-9)11(20)8-5-19(24(22)23)10-4-2-1-3-7(8)10/h1-6,18,20H. The quantitative estimate of drug-likeness (QED) is 0.620. The Morgan fingerprint density at radius 1 is 1.32 bits per heavy atom. The number of aliphatic hydroxyl groups is 1. The van der Waals surface area contributed by atoms with Crippen molar-refractivity contribution in [2.24, 2.45) is 0 Å². The fraction of sp³-hybridized carbons (Fsp3) is 0.0714. The van der Waals surface area contributed by atoms with Crippen LogP contribution in [0.4, 0.5) is 13.2 Å². The molecule has 1 atom stereocenters. The summed E-state index contributed by atoms with van der Waals surface area (Å²) >= 11 is 0.699. The number of aromatic nitrogens is 1. The number of rotatable bonds is 3. The number of nitrogens with zero attached hydrogens (tertiary/aromatic N) is 1. The Morgan fingerprint density at radius 3 is 2.64 bits per heavy atom. The topological polar surface area (TPSA) is 94.4 Å². The minimum atomic E-state index is -5.04. The minimum absolute atomic E-state index is 0.100. The van der Waals surface area contributed by atoms with E-state index in [1.165, 1.54) is 6.07 Å². The number of fused-ring (bicyclic) bond motifs is 1. The van der Waals surface area contributed by atoms with Crippen LogP contribution in [-0.2, 0) is 9.36 Å². The molecule has 1 aliphatic heterocycles. The van der Waals surface area contributed by atoms with Gasteiger partial charge in [-0.25, -0.2) is 0 Å². The minimum Gasteiger partial charge on any atom is -0.573 e. The van der Waals surface area contributed by atoms with Gasteiger partial charge in [0.2, 0.25) is 0 Å². The lowest BCUT2D eigenvalue weighted by atomic mass is 10.1. The summed E-state index contributed by atoms with van der Waals surface area (Å²) in [5.41, 5.74) is -0.292. The number of aliphatic hydroxyl groups excluding tert-OH is 1. The highest BCUT2D eigenvalue weighted by Gasteiger charge is 2.42. The third-order valence-electron chi connectivity index (χ3n) is 3.38. The molecule has 0 fully saturated rings. The molecular formula is C14H8F3N2O4PS. The van der Waals surface area contributed by atoms with Gasteiger partial charge in [0.15, 0.2) is 5.76 Å². The molecule has 3 rings (SSSR count). The average Bonchev–Trinajstić information content (AvgIpc) is 3.17. The number of ketones is 1. The van der Waals surface area contributed by atoms with E-state index in [2.05, 4.69) is 5.32 Å². The monoisotopic (exact) mass is 388 g/mol. The Bertz CT molecular complexity index is 965. The fourth-order valence-corrected chi connectivity index (χ4v) is 3.64. The number of carbonyl (C=O) groups is 1. The van der Waals surface area contributed by atoms with E-state index in [1.54, 1.807) is 18.2 Å². The number of hydrogen-bond donors (Lipinski definition) is 2. The van der Waals surface area contributed by atoms with Gasteiger partial charge in [0, 0.05) is 16.4 Å². The number of halogens is 3. The van der Waals surface area contributed by atoms with Crippen LogP contribution in [-0.4, -0.2) is 21.4 Å². The first-order valence-electron chi connectivity index (χ1n) is 6.64. The first-order valence-corrected chi connectivity index (χ1v) is 8.65. The second-order valence-electron chi connectivity index (χ2n) is 4.92. The molecule has 0 radical (unpaired) electrons. The van der Waals surface area contributed by atoms with Crippen molar-refractivity contribution < 1.29 is 32.5 Å². The van der Waals surface area contributed by atoms with Crippen molar-refractivity contribution in [3.8, 4) is 0 Å². The zero-order valence-electron chi connectivity index (χ0n) is 12.1. The lowest BCUT2D eigenvalue weighted by Gasteiger charge is -2.08. The first kappa shape index (κ1) is 17.5. The molecule has 2 N–H and O–H groups in total. The van der Waals surface area contributed by atoms with E-state index in [4.69, 9.17) is 0 Å². The average molecular weight is 388 g/mol. The van der Waals surface area contributed by atoms with E-state index in [-0.39, 0.29) is 10.6 Å². The van der Waals surface area contributed by atoms with Gasteiger partial charge in [-0.15, -0.1) is 4.34 Å². The van der Waals surface area contributed by atoms with Crippen LogP contribution < -0.4 is 10.2 Å². The third kappa shape index (κ3) is 3.15. The van der Waals surface area contributed by atoms with Crippen LogP contribution in [0.5, 0.6) is 0 Å². The number of thioether (sulfide) groups is 1. The number of allylic oxidation sites excluding steroid dienone is 1. The first-order chi connectivity index (χ1) is 11.7. The Kier molecular flexibility index (Phi) is 4.36. The zero-order valence-corrected chi connectivity index (χ0v) is 13.8. The molecular weight excluding hydrogens is 380 g/mol. The van der Waals surface area contributed by atoms with Crippen LogP contribution >= 0.6 is 19.9 Å². The van der Waals surface area contributed by atoms with Crippen LogP contribution in [0.25, 0.3) is 16.7 Å². The molecule has 0 spiro atoms. The second kappa shape index (κ2) is 6.21. The number of nitrogens with one attached hydrogen (secondary N) is 1. The summed E-state index contributed by atoms with van der Waals surface area (Å²) in [6, 6.07) is 6.31. The number of hydrogen-bond acceptors (Lipinski definition) is 6. The number of alkyl halides is 3. The summed E-state index contributed by atoms with van der Waals surface area (Å²) in [5.74, 6) is -2.52. The number of benzene rings is 1. The van der Waals surface area contributed by atoms with Crippen LogP contribution in [0, 0.1) is 0 Å². The van der Waals surface area contributed by atoms with Crippen molar-refractivity contribution in [2.75, 3.05) is 0 Å². The van der Waals surface area contributed by atoms with E-state index >= 15 is 0 Å². The lowest BCUT2D eigenvalue weighted by Crippen LogP contribution is -2.29. The van der Waals surface area contributed by atoms with Gasteiger partial charge < -0.3 is 15.3 Å². The summed E-state index contributed by atoms with van der Waals surface area (Å²) in [6.45, 7) is 0. The van der Waals surface area contributed by atoms with Gasteiger partial charge in [-0.2, -0.15) is 13.2 Å². The molecule has 1 aromatic carbocycles. The molecule has 0 aliphatic carbocycles. The molecule has 0 amide bonds. The largest absolute Gasteiger partial charge is 0.573 e. The van der Waals surface area contributed by atoms with Crippen molar-refractivity contribution >= 4 is 42.4 Å². The third-order valence-corrected chi connectivity index (χ3v) is 4.95. The maximum atomic E-state index is 12.5. The summed E-state index contributed by atoms with van der Waals surface area (Å²) in [7, 11) is -3.01. The summed E-state index contributed by atoms with van der Waals surface area (Å²) < 4.78 is 49.6. The number of para-hydroxylation sites is 1. The van der Waals surface area contributed by atoms with Crippen molar-refractivity contribution in [3.63, 3.8) is 0 Å². The maximum absolute atomic E-state index is 12.5. The Labute approximate surface area is 143 Å². The van der Waals surface area contributed by atoms with Gasteiger partial charge in [0.1, 0.15) is 5.03 Å². The van der Waals surface area contributed by atoms with Crippen LogP contribution in [0.3, 0.4) is 0 Å². The van der Waals surface area contributed by atoms with Gasteiger partial charge in [0.25, 0.3) is 5.78 Å². The Balaban J connectivity index is 2.02. The SMILES string of the molecule is O=C(C1=CSC(=C(O)c2cn([P+](=O)[O-])c3ccccc23)N1)C(F)(F)F. The fourth-order valence-electron chi connectivity index (χ4n) is 2.29. The Hall–Kier alpha value is -2.29. The van der Waals surface area contributed by atoms with Crippen molar-refractivity contribution in [1.29, 1.82) is 0 Å². The zero-order chi connectivity index (χ0) is 18.4. The highest BCUT2D eigenvalue weighted by Crippen LogP contribution is 2.37. The van der Waals surface area contributed by atoms with Gasteiger partial charge in [-0.1, -0.05) is 30.0 Å². The molecule has 1 aromatic heterocycles. The number of Topliss-reactive ketones (excluding diaryl/α,β-unsaturated/α-hetero) is 1. The second-order valence-corrected chi connectivity index (χ2v) is 6.71. The number of carbonyl (C=O) groups excluding carboxylic acids is 1. The predicted molar refractivity (Wildman–Crippen MR) is 84.4 cm³/mol. The van der Waals surface area contributed by atoms with Gasteiger partial charge >= 0.3 is 14.4 Å². The smallest absolute Gasteiger partial charge is 0.456 e. The normalized spacial score (nSPS) is 17.3. The van der Waals surface area contributed by atoms with Crippen LogP contribution in [0.1, 0.15) is 5.56 Å². The van der Waals surface area contributed by atoms with E-state index in [0.29, 0.717) is 22.7 Å². The van der Waals surface area contributed by atoms with Crippen LogP contribution in [0.15, 0.2) is 46.6 Å². The van der Waals surface area contributed by atoms with Crippen molar-refractivity contribution in [3.05, 3.63) is 52.2 Å². The van der Waals surface area contributed by atoms with Gasteiger partial charge in [0.05, 0.1) is 17.4 Å². The molecule has 2 aromatic rings. The van der Waals surface area contributed by atoms with Crippen molar-refractivity contribution in [1.82, 2.24) is 9.65 Å². The van der Waals surface area contributed by atoms with Gasteiger partial charge in [-0.05, 0) is 10.6 Å². The van der Waals surface area contributed by atoms with E-state index in [9.17, 15) is 32.5 Å².